The van der Waals surface area contributed by atoms with Crippen molar-refractivity contribution in [1.82, 2.24) is 4.98 Å². The molecular weight excluding hydrogens is 208 g/mol. The Balaban J connectivity index is 2.47. The van der Waals surface area contributed by atoms with Crippen LogP contribution in [0.4, 0.5) is 0 Å². The molecule has 1 atom stereocenters. The smallest absolute Gasteiger partial charge is 0.354 e. The van der Waals surface area contributed by atoms with E-state index in [1.807, 2.05) is 6.92 Å². The van der Waals surface area contributed by atoms with Crippen LogP contribution in [0.15, 0.2) is 33.6 Å². The third kappa shape index (κ3) is 1.58. The van der Waals surface area contributed by atoms with Gasteiger partial charge in [-0.2, -0.15) is 0 Å². The second kappa shape index (κ2) is 3.80. The number of carboxylic acids is 1. The number of carbonyl (C=O) groups is 1. The maximum Gasteiger partial charge on any atom is 0.354 e. The summed E-state index contributed by atoms with van der Waals surface area (Å²) in [5.41, 5.74) is -0.147. The Hall–Kier alpha value is -2.11. The van der Waals surface area contributed by atoms with Crippen LogP contribution in [0.5, 0.6) is 0 Å². The summed E-state index contributed by atoms with van der Waals surface area (Å²) in [7, 11) is 0. The van der Waals surface area contributed by atoms with Gasteiger partial charge in [0.2, 0.25) is 0 Å². The average Bonchev–Trinajstić information content (AvgIpc) is 2.79. The van der Waals surface area contributed by atoms with E-state index in [0.717, 1.165) is 0 Å². The van der Waals surface area contributed by atoms with E-state index in [9.17, 15) is 4.79 Å². The molecule has 1 aromatic heterocycles. The summed E-state index contributed by atoms with van der Waals surface area (Å²) in [6.07, 6.45) is 2.22. The van der Waals surface area contributed by atoms with Crippen LogP contribution in [-0.4, -0.2) is 22.3 Å². The Labute approximate surface area is 91.7 Å². The Morgan fingerprint density at radius 1 is 1.50 bits per heavy atom. The predicted molar refractivity (Wildman–Crippen MR) is 56.5 cm³/mol. The van der Waals surface area contributed by atoms with Gasteiger partial charge in [0.1, 0.15) is 5.69 Å². The highest BCUT2D eigenvalue weighted by Crippen LogP contribution is 2.29. The zero-order chi connectivity index (χ0) is 11.6. The lowest BCUT2D eigenvalue weighted by atomic mass is 9.94. The minimum absolute atomic E-state index is 0.000764. The molecule has 1 aliphatic heterocycles. The average molecular weight is 218 g/mol. The molecule has 0 amide bonds. The SMILES string of the molecule is CCC1(c2cccc(C(=O)O)n2)C=NN=N1. The largest absolute Gasteiger partial charge is 0.477 e. The molecule has 82 valence electrons. The van der Waals surface area contributed by atoms with Gasteiger partial charge in [0.05, 0.1) is 11.9 Å². The minimum Gasteiger partial charge on any atom is -0.477 e. The second-order valence-electron chi connectivity index (χ2n) is 3.43. The van der Waals surface area contributed by atoms with Crippen LogP contribution in [-0.2, 0) is 5.54 Å². The van der Waals surface area contributed by atoms with E-state index < -0.39 is 11.5 Å². The molecule has 1 N–H and O–H groups in total. The molecule has 2 rings (SSSR count). The first-order valence-electron chi connectivity index (χ1n) is 4.85. The minimum atomic E-state index is -1.06. The summed E-state index contributed by atoms with van der Waals surface area (Å²) in [6.45, 7) is 1.92. The maximum absolute atomic E-state index is 10.8. The van der Waals surface area contributed by atoms with Crippen molar-refractivity contribution in [3.63, 3.8) is 0 Å². The first-order valence-corrected chi connectivity index (χ1v) is 4.85. The molecule has 1 unspecified atom stereocenters. The van der Waals surface area contributed by atoms with Crippen molar-refractivity contribution in [1.29, 1.82) is 0 Å². The van der Waals surface area contributed by atoms with Crippen molar-refractivity contribution in [2.45, 2.75) is 18.9 Å². The summed E-state index contributed by atoms with van der Waals surface area (Å²) in [6, 6.07) is 4.82. The molecular formula is C10H10N4O2. The molecule has 6 heteroatoms. The predicted octanol–water partition coefficient (Wildman–Crippen LogP) is 1.84. The van der Waals surface area contributed by atoms with Gasteiger partial charge in [-0.1, -0.05) is 13.0 Å². The Morgan fingerprint density at radius 3 is 2.88 bits per heavy atom. The molecule has 0 spiro atoms. The van der Waals surface area contributed by atoms with Crippen LogP contribution in [0.1, 0.15) is 29.5 Å². The van der Waals surface area contributed by atoms with Crippen LogP contribution in [0, 0.1) is 0 Å². The van der Waals surface area contributed by atoms with Crippen LogP contribution in [0.2, 0.25) is 0 Å². The van der Waals surface area contributed by atoms with Crippen LogP contribution in [0.3, 0.4) is 0 Å². The summed E-state index contributed by atoms with van der Waals surface area (Å²) in [4.78, 5) is 14.9. The van der Waals surface area contributed by atoms with Crippen LogP contribution in [0.25, 0.3) is 0 Å². The van der Waals surface area contributed by atoms with Gasteiger partial charge < -0.3 is 5.11 Å². The van der Waals surface area contributed by atoms with Gasteiger partial charge in [0, 0.05) is 0 Å². The van der Waals surface area contributed by atoms with E-state index >= 15 is 0 Å². The number of aromatic nitrogens is 1. The third-order valence-corrected chi connectivity index (χ3v) is 2.50. The number of hydrogen-bond acceptors (Lipinski definition) is 5. The lowest BCUT2D eigenvalue weighted by Crippen LogP contribution is -2.24. The van der Waals surface area contributed by atoms with E-state index in [2.05, 4.69) is 20.4 Å². The number of pyridine rings is 1. The number of hydrogen-bond donors (Lipinski definition) is 1. The lowest BCUT2D eigenvalue weighted by Gasteiger charge is -2.18. The molecule has 1 aliphatic rings. The zero-order valence-corrected chi connectivity index (χ0v) is 8.66. The quantitative estimate of drug-likeness (QED) is 0.839. The molecule has 0 saturated carbocycles. The van der Waals surface area contributed by atoms with E-state index in [-0.39, 0.29) is 5.69 Å². The van der Waals surface area contributed by atoms with E-state index in [0.29, 0.717) is 12.1 Å². The van der Waals surface area contributed by atoms with Crippen molar-refractivity contribution in [2.75, 3.05) is 0 Å². The van der Waals surface area contributed by atoms with E-state index in [4.69, 9.17) is 5.11 Å². The molecule has 16 heavy (non-hydrogen) atoms. The van der Waals surface area contributed by atoms with Crippen molar-refractivity contribution in [3.8, 4) is 0 Å². The highest BCUT2D eigenvalue weighted by atomic mass is 16.4. The molecule has 0 aromatic carbocycles. The number of rotatable bonds is 3. The standard InChI is InChI=1S/C10H10N4O2/c1-2-10(6-11-14-13-10)8-5-3-4-7(12-8)9(15)16/h3-6H,2H2,1H3,(H,15,16). The lowest BCUT2D eigenvalue weighted by molar-refractivity contribution is 0.0690. The molecule has 0 fully saturated rings. The van der Waals surface area contributed by atoms with E-state index in [1.54, 1.807) is 18.3 Å². The molecule has 1 aromatic rings. The molecule has 0 saturated heterocycles. The van der Waals surface area contributed by atoms with Gasteiger partial charge in [-0.3, -0.25) is 0 Å². The molecule has 0 aliphatic carbocycles. The summed E-state index contributed by atoms with van der Waals surface area (Å²) in [5.74, 6) is -1.06. The highest BCUT2D eigenvalue weighted by Gasteiger charge is 2.33. The second-order valence-corrected chi connectivity index (χ2v) is 3.43. The molecule has 0 bridgehead atoms. The molecule has 0 radical (unpaired) electrons. The van der Waals surface area contributed by atoms with Gasteiger partial charge in [0.15, 0.2) is 5.54 Å². The normalized spacial score (nSPS) is 22.6. The Bertz CT molecular complexity index is 469. The topological polar surface area (TPSA) is 87.3 Å². The fourth-order valence-corrected chi connectivity index (χ4v) is 1.51. The van der Waals surface area contributed by atoms with Gasteiger partial charge in [0.25, 0.3) is 0 Å². The van der Waals surface area contributed by atoms with Crippen LogP contribution >= 0.6 is 0 Å². The van der Waals surface area contributed by atoms with Gasteiger partial charge >= 0.3 is 5.97 Å². The first-order chi connectivity index (χ1) is 7.68. The molecule has 2 heterocycles. The Kier molecular flexibility index (Phi) is 2.47. The van der Waals surface area contributed by atoms with E-state index in [1.165, 1.54) is 6.07 Å². The van der Waals surface area contributed by atoms with Crippen molar-refractivity contribution in [2.24, 2.45) is 15.4 Å². The third-order valence-electron chi connectivity index (χ3n) is 2.50. The van der Waals surface area contributed by atoms with Gasteiger partial charge in [-0.05, 0) is 23.8 Å². The molecule has 6 nitrogen and oxygen atoms in total. The van der Waals surface area contributed by atoms with Crippen molar-refractivity contribution < 1.29 is 9.90 Å². The maximum atomic E-state index is 10.8. The van der Waals surface area contributed by atoms with Crippen molar-refractivity contribution >= 4 is 12.2 Å². The first kappa shape index (κ1) is 10.4. The zero-order valence-electron chi connectivity index (χ0n) is 8.66. The summed E-state index contributed by atoms with van der Waals surface area (Å²) >= 11 is 0. The number of nitrogens with zero attached hydrogens (tertiary/aromatic N) is 4. The van der Waals surface area contributed by atoms with Crippen molar-refractivity contribution in [3.05, 3.63) is 29.6 Å². The summed E-state index contributed by atoms with van der Waals surface area (Å²) in [5, 5.41) is 20.1. The van der Waals surface area contributed by atoms with Gasteiger partial charge in [-0.15, -0.1) is 10.2 Å². The van der Waals surface area contributed by atoms with Gasteiger partial charge in [-0.25, -0.2) is 9.78 Å². The highest BCUT2D eigenvalue weighted by molar-refractivity contribution is 5.85. The fraction of sp³-hybridized carbons (Fsp3) is 0.300. The number of carboxylic acid groups (broad SMARTS) is 1. The Morgan fingerprint density at radius 2 is 2.31 bits per heavy atom. The summed E-state index contributed by atoms with van der Waals surface area (Å²) < 4.78 is 0. The number of aromatic carboxylic acids is 1. The van der Waals surface area contributed by atoms with Crippen LogP contribution < -0.4 is 0 Å². The monoisotopic (exact) mass is 218 g/mol. The fourth-order valence-electron chi connectivity index (χ4n) is 1.51.